The monoisotopic (exact) mass is 419 g/mol. The molecule has 0 spiro atoms. The van der Waals surface area contributed by atoms with Crippen molar-refractivity contribution in [3.8, 4) is 5.75 Å². The maximum atomic E-state index is 14.1. The molecule has 0 atom stereocenters. The number of hydrogen-bond donors (Lipinski definition) is 0. The van der Waals surface area contributed by atoms with E-state index < -0.39 is 11.6 Å². The van der Waals surface area contributed by atoms with Crippen molar-refractivity contribution in [2.75, 3.05) is 38.7 Å². The molecule has 0 aliphatic carbocycles. The third kappa shape index (κ3) is 5.48. The van der Waals surface area contributed by atoms with Gasteiger partial charge in [0.1, 0.15) is 17.1 Å². The van der Waals surface area contributed by atoms with Crippen molar-refractivity contribution in [3.63, 3.8) is 0 Å². The van der Waals surface area contributed by atoms with Crippen molar-refractivity contribution < 1.29 is 18.3 Å². The molecule has 0 aliphatic rings. The standard InChI is InChI=1S/C21H23F2N3O2S/c1-14-5-7-16(8-6-14)28-13-19(27)26(10-4-9-25(2)3)21-24-20-17(23)11-15(22)12-18(20)29-21/h5-8,11-12H,4,9-10,13H2,1-3H3. The fraction of sp³-hybridized carbons (Fsp3) is 0.333. The number of benzene rings is 2. The van der Waals surface area contributed by atoms with Gasteiger partial charge in [-0.05, 0) is 52.2 Å². The van der Waals surface area contributed by atoms with Crippen molar-refractivity contribution >= 4 is 32.6 Å². The van der Waals surface area contributed by atoms with E-state index >= 15 is 0 Å². The molecule has 0 saturated heterocycles. The molecule has 0 aliphatic heterocycles. The van der Waals surface area contributed by atoms with Gasteiger partial charge in [0.15, 0.2) is 17.6 Å². The lowest BCUT2D eigenvalue weighted by molar-refractivity contribution is -0.120. The third-order valence-electron chi connectivity index (χ3n) is 4.30. The second-order valence-electron chi connectivity index (χ2n) is 7.03. The number of anilines is 1. The van der Waals surface area contributed by atoms with E-state index in [0.29, 0.717) is 28.5 Å². The Hall–Kier alpha value is -2.58. The smallest absolute Gasteiger partial charge is 0.266 e. The number of fused-ring (bicyclic) bond motifs is 1. The number of halogens is 2. The van der Waals surface area contributed by atoms with Crippen LogP contribution in [0.5, 0.6) is 5.75 Å². The Morgan fingerprint density at radius 3 is 2.55 bits per heavy atom. The number of thiazole rings is 1. The lowest BCUT2D eigenvalue weighted by atomic mass is 10.2. The number of aryl methyl sites for hydroxylation is 1. The van der Waals surface area contributed by atoms with E-state index in [1.54, 1.807) is 12.1 Å². The highest BCUT2D eigenvalue weighted by atomic mass is 32.1. The second kappa shape index (κ2) is 9.28. The first-order valence-electron chi connectivity index (χ1n) is 9.23. The Balaban J connectivity index is 1.80. The summed E-state index contributed by atoms with van der Waals surface area (Å²) in [7, 11) is 3.89. The Morgan fingerprint density at radius 2 is 1.86 bits per heavy atom. The molecular weight excluding hydrogens is 396 g/mol. The van der Waals surface area contributed by atoms with Crippen LogP contribution in [-0.4, -0.2) is 49.6 Å². The SMILES string of the molecule is Cc1ccc(OCC(=O)N(CCCN(C)C)c2nc3c(F)cc(F)cc3s2)cc1. The average molecular weight is 419 g/mol. The predicted octanol–water partition coefficient (Wildman–Crippen LogP) is 4.25. The molecule has 0 N–H and O–H groups in total. The van der Waals surface area contributed by atoms with Crippen LogP contribution in [0.15, 0.2) is 36.4 Å². The maximum Gasteiger partial charge on any atom is 0.266 e. The Labute approximate surface area is 172 Å². The van der Waals surface area contributed by atoms with Crippen molar-refractivity contribution in [2.45, 2.75) is 13.3 Å². The molecule has 154 valence electrons. The highest BCUT2D eigenvalue weighted by Crippen LogP contribution is 2.31. The van der Waals surface area contributed by atoms with Gasteiger partial charge < -0.3 is 9.64 Å². The number of carbonyl (C=O) groups excluding carboxylic acids is 1. The molecule has 3 aromatic rings. The summed E-state index contributed by atoms with van der Waals surface area (Å²) in [5, 5.41) is 0.334. The summed E-state index contributed by atoms with van der Waals surface area (Å²) < 4.78 is 33.6. The molecule has 2 aromatic carbocycles. The summed E-state index contributed by atoms with van der Waals surface area (Å²) in [4.78, 5) is 20.6. The molecule has 0 unspecified atom stereocenters. The van der Waals surface area contributed by atoms with Crippen LogP contribution in [0, 0.1) is 18.6 Å². The minimum Gasteiger partial charge on any atom is -0.484 e. The molecule has 1 aromatic heterocycles. The van der Waals surface area contributed by atoms with Gasteiger partial charge in [0, 0.05) is 12.6 Å². The lowest BCUT2D eigenvalue weighted by Crippen LogP contribution is -2.36. The molecular formula is C21H23F2N3O2S. The minimum absolute atomic E-state index is 0.0660. The summed E-state index contributed by atoms with van der Waals surface area (Å²) >= 11 is 1.09. The van der Waals surface area contributed by atoms with Crippen molar-refractivity contribution in [1.82, 2.24) is 9.88 Å². The molecule has 5 nitrogen and oxygen atoms in total. The molecule has 1 amide bonds. The number of carbonyl (C=O) groups is 1. The molecule has 0 saturated carbocycles. The number of aromatic nitrogens is 1. The molecule has 29 heavy (non-hydrogen) atoms. The molecule has 0 fully saturated rings. The van der Waals surface area contributed by atoms with E-state index in [2.05, 4.69) is 4.98 Å². The van der Waals surface area contributed by atoms with Crippen LogP contribution >= 0.6 is 11.3 Å². The largest absolute Gasteiger partial charge is 0.484 e. The van der Waals surface area contributed by atoms with E-state index in [1.165, 1.54) is 11.0 Å². The zero-order valence-electron chi connectivity index (χ0n) is 16.6. The topological polar surface area (TPSA) is 45.7 Å². The molecule has 8 heteroatoms. The summed E-state index contributed by atoms with van der Waals surface area (Å²) in [6.07, 6.45) is 0.704. The van der Waals surface area contributed by atoms with Crippen LogP contribution < -0.4 is 9.64 Å². The van der Waals surface area contributed by atoms with Gasteiger partial charge in [-0.2, -0.15) is 0 Å². The fourth-order valence-corrected chi connectivity index (χ4v) is 3.84. The Kier molecular flexibility index (Phi) is 6.76. The first kappa shape index (κ1) is 21.1. The second-order valence-corrected chi connectivity index (χ2v) is 8.04. The zero-order chi connectivity index (χ0) is 21.0. The number of ether oxygens (including phenoxy) is 1. The number of amides is 1. The molecule has 3 rings (SSSR count). The van der Waals surface area contributed by atoms with Gasteiger partial charge in [-0.15, -0.1) is 0 Å². The summed E-state index contributed by atoms with van der Waals surface area (Å²) in [5.74, 6) is -1.10. The number of hydrogen-bond acceptors (Lipinski definition) is 5. The highest BCUT2D eigenvalue weighted by Gasteiger charge is 2.21. The van der Waals surface area contributed by atoms with Crippen LogP contribution in [0.3, 0.4) is 0 Å². The average Bonchev–Trinajstić information content (AvgIpc) is 3.08. The van der Waals surface area contributed by atoms with E-state index in [4.69, 9.17) is 4.74 Å². The lowest BCUT2D eigenvalue weighted by Gasteiger charge is -2.21. The third-order valence-corrected chi connectivity index (χ3v) is 5.33. The molecule has 0 bridgehead atoms. The summed E-state index contributed by atoms with van der Waals surface area (Å²) in [6, 6.07) is 9.43. The number of nitrogens with zero attached hydrogens (tertiary/aromatic N) is 3. The predicted molar refractivity (Wildman–Crippen MR) is 112 cm³/mol. The van der Waals surface area contributed by atoms with Crippen LogP contribution in [0.1, 0.15) is 12.0 Å². The molecule has 0 radical (unpaired) electrons. The van der Waals surface area contributed by atoms with E-state index in [1.807, 2.05) is 38.1 Å². The highest BCUT2D eigenvalue weighted by molar-refractivity contribution is 7.22. The summed E-state index contributed by atoms with van der Waals surface area (Å²) in [6.45, 7) is 2.98. The van der Waals surface area contributed by atoms with Gasteiger partial charge in [-0.25, -0.2) is 13.8 Å². The van der Waals surface area contributed by atoms with Crippen molar-refractivity contribution in [2.24, 2.45) is 0 Å². The van der Waals surface area contributed by atoms with E-state index in [-0.39, 0.29) is 18.0 Å². The van der Waals surface area contributed by atoms with Crippen molar-refractivity contribution in [3.05, 3.63) is 53.6 Å². The van der Waals surface area contributed by atoms with Gasteiger partial charge in [0.2, 0.25) is 0 Å². The van der Waals surface area contributed by atoms with Gasteiger partial charge >= 0.3 is 0 Å². The van der Waals surface area contributed by atoms with Crippen molar-refractivity contribution in [1.29, 1.82) is 0 Å². The maximum absolute atomic E-state index is 14.1. The van der Waals surface area contributed by atoms with Gasteiger partial charge in [0.25, 0.3) is 5.91 Å². The number of rotatable bonds is 8. The quantitative estimate of drug-likeness (QED) is 0.548. The fourth-order valence-electron chi connectivity index (χ4n) is 2.79. The molecule has 1 heterocycles. The first-order chi connectivity index (χ1) is 13.8. The van der Waals surface area contributed by atoms with Gasteiger partial charge in [0.05, 0.1) is 4.70 Å². The minimum atomic E-state index is -0.737. The van der Waals surface area contributed by atoms with Gasteiger partial charge in [-0.1, -0.05) is 29.0 Å². The summed E-state index contributed by atoms with van der Waals surface area (Å²) in [5.41, 5.74) is 1.16. The van der Waals surface area contributed by atoms with Crippen LogP contribution in [0.4, 0.5) is 13.9 Å². The van der Waals surface area contributed by atoms with E-state index in [9.17, 15) is 13.6 Å². The van der Waals surface area contributed by atoms with Gasteiger partial charge in [-0.3, -0.25) is 9.69 Å². The van der Waals surface area contributed by atoms with Crippen LogP contribution in [0.25, 0.3) is 10.2 Å². The van der Waals surface area contributed by atoms with Crippen LogP contribution in [-0.2, 0) is 4.79 Å². The Bertz CT molecular complexity index is 990. The Morgan fingerprint density at radius 1 is 1.14 bits per heavy atom. The normalized spacial score (nSPS) is 11.2. The van der Waals surface area contributed by atoms with E-state index in [0.717, 1.165) is 29.5 Å². The zero-order valence-corrected chi connectivity index (χ0v) is 17.4. The van der Waals surface area contributed by atoms with Crippen LogP contribution in [0.2, 0.25) is 0 Å². The first-order valence-corrected chi connectivity index (χ1v) is 10.1.